The third kappa shape index (κ3) is 4.16. The Bertz CT molecular complexity index is 713. The molecule has 0 atom stereocenters. The summed E-state index contributed by atoms with van der Waals surface area (Å²) in [4.78, 5) is 11.6. The summed E-state index contributed by atoms with van der Waals surface area (Å²) in [6.07, 6.45) is -3.58. The first-order chi connectivity index (χ1) is 9.74. The Morgan fingerprint density at radius 1 is 1.29 bits per heavy atom. The molecule has 21 heavy (non-hydrogen) atoms. The standard InChI is InChI=1S/C13H9ClF3NO3/c14-10-7-18(12(20)5-11(10)19)6-8-2-1-3-9(4-8)21-13(15,16)17/h1-5,7,19H,6H2. The molecule has 112 valence electrons. The van der Waals surface area contributed by atoms with E-state index in [4.69, 9.17) is 11.6 Å². The molecular weight excluding hydrogens is 311 g/mol. The second kappa shape index (κ2) is 5.69. The fourth-order valence-corrected chi connectivity index (χ4v) is 1.87. The molecule has 1 N–H and O–H groups in total. The first-order valence-electron chi connectivity index (χ1n) is 5.68. The molecule has 8 heteroatoms. The lowest BCUT2D eigenvalue weighted by molar-refractivity contribution is -0.274. The van der Waals surface area contributed by atoms with Gasteiger partial charge in [0, 0.05) is 12.3 Å². The zero-order chi connectivity index (χ0) is 15.6. The summed E-state index contributed by atoms with van der Waals surface area (Å²) in [5, 5.41) is 9.24. The third-order valence-electron chi connectivity index (χ3n) is 2.54. The maximum atomic E-state index is 12.1. The molecule has 0 saturated heterocycles. The van der Waals surface area contributed by atoms with Gasteiger partial charge < -0.3 is 14.4 Å². The average Bonchev–Trinajstić information content (AvgIpc) is 2.34. The van der Waals surface area contributed by atoms with E-state index in [1.54, 1.807) is 0 Å². The zero-order valence-electron chi connectivity index (χ0n) is 10.4. The Morgan fingerprint density at radius 3 is 2.67 bits per heavy atom. The molecule has 0 aliphatic heterocycles. The predicted molar refractivity (Wildman–Crippen MR) is 69.6 cm³/mol. The SMILES string of the molecule is O=c1cc(O)c(Cl)cn1Cc1cccc(OC(F)(F)F)c1. The topological polar surface area (TPSA) is 51.5 Å². The molecule has 0 spiro atoms. The third-order valence-corrected chi connectivity index (χ3v) is 2.83. The Labute approximate surface area is 122 Å². The molecule has 0 amide bonds. The first-order valence-corrected chi connectivity index (χ1v) is 6.06. The van der Waals surface area contributed by atoms with Gasteiger partial charge in [-0.3, -0.25) is 4.79 Å². The Hall–Kier alpha value is -2.15. The maximum Gasteiger partial charge on any atom is 0.573 e. The highest BCUT2D eigenvalue weighted by Crippen LogP contribution is 2.24. The number of halogens is 4. The van der Waals surface area contributed by atoms with E-state index in [2.05, 4.69) is 4.74 Å². The Kier molecular flexibility index (Phi) is 4.13. The summed E-state index contributed by atoms with van der Waals surface area (Å²) in [6, 6.07) is 6.17. The lowest BCUT2D eigenvalue weighted by atomic mass is 10.2. The fourth-order valence-electron chi connectivity index (χ4n) is 1.70. The summed E-state index contributed by atoms with van der Waals surface area (Å²) < 4.78 is 41.4. The highest BCUT2D eigenvalue weighted by atomic mass is 35.5. The molecule has 2 rings (SSSR count). The number of pyridine rings is 1. The second-order valence-electron chi connectivity index (χ2n) is 4.17. The number of benzene rings is 1. The summed E-state index contributed by atoms with van der Waals surface area (Å²) in [5.41, 5.74) is -0.111. The normalized spacial score (nSPS) is 11.4. The average molecular weight is 320 g/mol. The summed E-state index contributed by atoms with van der Waals surface area (Å²) in [5.74, 6) is -0.731. The van der Waals surface area contributed by atoms with Gasteiger partial charge in [-0.2, -0.15) is 0 Å². The molecule has 0 aliphatic carbocycles. The minimum absolute atomic E-state index is 0.00606. The molecule has 0 radical (unpaired) electrons. The van der Waals surface area contributed by atoms with E-state index in [-0.39, 0.29) is 23.1 Å². The Balaban J connectivity index is 2.26. The van der Waals surface area contributed by atoms with Crippen molar-refractivity contribution in [3.8, 4) is 11.5 Å². The molecule has 1 aromatic carbocycles. The largest absolute Gasteiger partial charge is 0.573 e. The minimum atomic E-state index is -4.78. The molecule has 0 saturated carbocycles. The van der Waals surface area contributed by atoms with Gasteiger partial charge in [-0.05, 0) is 17.7 Å². The van der Waals surface area contributed by atoms with Crippen LogP contribution in [0.2, 0.25) is 5.02 Å². The van der Waals surface area contributed by atoms with Crippen molar-refractivity contribution in [1.82, 2.24) is 4.57 Å². The van der Waals surface area contributed by atoms with Gasteiger partial charge in [0.2, 0.25) is 0 Å². The molecule has 1 aromatic heterocycles. The van der Waals surface area contributed by atoms with E-state index in [0.717, 1.165) is 16.7 Å². The molecule has 0 bridgehead atoms. The van der Waals surface area contributed by atoms with Crippen LogP contribution in [0, 0.1) is 0 Å². The van der Waals surface area contributed by atoms with Crippen molar-refractivity contribution in [3.05, 3.63) is 57.5 Å². The van der Waals surface area contributed by atoms with Gasteiger partial charge in [0.15, 0.2) is 0 Å². The van der Waals surface area contributed by atoms with Crippen LogP contribution in [0.3, 0.4) is 0 Å². The quantitative estimate of drug-likeness (QED) is 0.945. The monoisotopic (exact) mass is 319 g/mol. The van der Waals surface area contributed by atoms with Crippen molar-refractivity contribution in [2.45, 2.75) is 12.9 Å². The number of ether oxygens (including phenoxy) is 1. The number of rotatable bonds is 3. The lowest BCUT2D eigenvalue weighted by Gasteiger charge is -2.11. The number of hydrogen-bond donors (Lipinski definition) is 1. The van der Waals surface area contributed by atoms with Crippen molar-refractivity contribution in [2.75, 3.05) is 0 Å². The smallest absolute Gasteiger partial charge is 0.506 e. The molecule has 1 heterocycles. The number of aromatic nitrogens is 1. The van der Waals surface area contributed by atoms with Crippen LogP contribution in [0.15, 0.2) is 41.3 Å². The van der Waals surface area contributed by atoms with E-state index < -0.39 is 11.9 Å². The molecule has 0 fully saturated rings. The lowest BCUT2D eigenvalue weighted by Crippen LogP contribution is -2.19. The van der Waals surface area contributed by atoms with E-state index >= 15 is 0 Å². The van der Waals surface area contributed by atoms with Crippen LogP contribution in [0.4, 0.5) is 13.2 Å². The first kappa shape index (κ1) is 15.2. The van der Waals surface area contributed by atoms with E-state index in [1.165, 1.54) is 24.4 Å². The van der Waals surface area contributed by atoms with E-state index in [1.807, 2.05) is 0 Å². The number of aromatic hydroxyl groups is 1. The number of alkyl halides is 3. The molecular formula is C13H9ClF3NO3. The van der Waals surface area contributed by atoms with E-state index in [9.17, 15) is 23.1 Å². The van der Waals surface area contributed by atoms with Crippen LogP contribution in [0.25, 0.3) is 0 Å². The highest BCUT2D eigenvalue weighted by Gasteiger charge is 2.31. The summed E-state index contributed by atoms with van der Waals surface area (Å²) in [6.45, 7) is -0.00606. The van der Waals surface area contributed by atoms with Crippen LogP contribution in [0.5, 0.6) is 11.5 Å². The Morgan fingerprint density at radius 2 is 2.00 bits per heavy atom. The molecule has 2 aromatic rings. The second-order valence-corrected chi connectivity index (χ2v) is 4.58. The van der Waals surface area contributed by atoms with Gasteiger partial charge in [-0.15, -0.1) is 13.2 Å². The van der Waals surface area contributed by atoms with Crippen LogP contribution in [0.1, 0.15) is 5.56 Å². The minimum Gasteiger partial charge on any atom is -0.506 e. The fraction of sp³-hybridized carbons (Fsp3) is 0.154. The van der Waals surface area contributed by atoms with E-state index in [0.29, 0.717) is 5.56 Å². The van der Waals surface area contributed by atoms with Gasteiger partial charge in [-0.25, -0.2) is 0 Å². The van der Waals surface area contributed by atoms with Gasteiger partial charge in [-0.1, -0.05) is 23.7 Å². The maximum absolute atomic E-state index is 12.1. The van der Waals surface area contributed by atoms with Gasteiger partial charge in [0.1, 0.15) is 11.5 Å². The van der Waals surface area contributed by atoms with Crippen LogP contribution >= 0.6 is 11.6 Å². The van der Waals surface area contributed by atoms with Crippen molar-refractivity contribution < 1.29 is 23.0 Å². The van der Waals surface area contributed by atoms with Gasteiger partial charge >= 0.3 is 6.36 Å². The molecule has 0 aliphatic rings. The van der Waals surface area contributed by atoms with Gasteiger partial charge in [0.05, 0.1) is 11.6 Å². The molecule has 0 unspecified atom stereocenters. The van der Waals surface area contributed by atoms with Crippen LogP contribution < -0.4 is 10.3 Å². The summed E-state index contributed by atoms with van der Waals surface area (Å²) in [7, 11) is 0. The summed E-state index contributed by atoms with van der Waals surface area (Å²) >= 11 is 5.69. The van der Waals surface area contributed by atoms with Crippen molar-refractivity contribution in [1.29, 1.82) is 0 Å². The van der Waals surface area contributed by atoms with Crippen LogP contribution in [-0.4, -0.2) is 16.0 Å². The highest BCUT2D eigenvalue weighted by molar-refractivity contribution is 6.31. The van der Waals surface area contributed by atoms with Crippen molar-refractivity contribution >= 4 is 11.6 Å². The van der Waals surface area contributed by atoms with Gasteiger partial charge in [0.25, 0.3) is 5.56 Å². The van der Waals surface area contributed by atoms with Crippen molar-refractivity contribution in [2.24, 2.45) is 0 Å². The van der Waals surface area contributed by atoms with Crippen LogP contribution in [-0.2, 0) is 6.54 Å². The molecule has 4 nitrogen and oxygen atoms in total. The van der Waals surface area contributed by atoms with Crippen molar-refractivity contribution in [3.63, 3.8) is 0 Å². The number of nitrogens with zero attached hydrogens (tertiary/aromatic N) is 1. The predicted octanol–water partition coefficient (Wildman–Crippen LogP) is 3.15. The number of hydrogen-bond acceptors (Lipinski definition) is 3. The zero-order valence-corrected chi connectivity index (χ0v) is 11.1.